The minimum atomic E-state index is 0.157. The molecular weight excluding hydrogens is 379 g/mol. The number of benzene rings is 2. The highest BCUT2D eigenvalue weighted by molar-refractivity contribution is 14.1. The number of methoxy groups -OCH3 is 1. The van der Waals surface area contributed by atoms with E-state index in [-0.39, 0.29) is 5.75 Å². The predicted molar refractivity (Wildman–Crippen MR) is 91.9 cm³/mol. The molecule has 0 spiro atoms. The van der Waals surface area contributed by atoms with E-state index in [0.29, 0.717) is 5.75 Å². The number of fused-ring (bicyclic) bond motifs is 1. The summed E-state index contributed by atoms with van der Waals surface area (Å²) >= 11 is 2.08. The van der Waals surface area contributed by atoms with Crippen LogP contribution in [0.2, 0.25) is 0 Å². The molecule has 5 heteroatoms. The second-order valence-corrected chi connectivity index (χ2v) is 6.21. The molecule has 21 heavy (non-hydrogen) atoms. The summed E-state index contributed by atoms with van der Waals surface area (Å²) in [6, 6.07) is 7.85. The van der Waals surface area contributed by atoms with Crippen LogP contribution in [0.1, 0.15) is 11.1 Å². The number of nitrogens with one attached hydrogen (secondary N) is 1. The van der Waals surface area contributed by atoms with Crippen molar-refractivity contribution < 1.29 is 9.84 Å². The third-order valence-corrected chi connectivity index (χ3v) is 4.44. The van der Waals surface area contributed by atoms with Crippen LogP contribution in [0.15, 0.2) is 24.3 Å². The van der Waals surface area contributed by atoms with E-state index in [0.717, 1.165) is 26.0 Å². The fraction of sp³-hybridized carbons (Fsp3) is 0.188. The largest absolute Gasteiger partial charge is 0.504 e. The van der Waals surface area contributed by atoms with Gasteiger partial charge in [-0.25, -0.2) is 4.98 Å². The van der Waals surface area contributed by atoms with Gasteiger partial charge in [0.25, 0.3) is 0 Å². The SMILES string of the molecule is COc1cc(-c2nc3cc(C)c(C)cc3[nH]2)cc(I)c1O. The van der Waals surface area contributed by atoms with Crippen molar-refractivity contribution >= 4 is 33.6 Å². The predicted octanol–water partition coefficient (Wildman–Crippen LogP) is 4.17. The highest BCUT2D eigenvalue weighted by atomic mass is 127. The van der Waals surface area contributed by atoms with Crippen molar-refractivity contribution in [1.29, 1.82) is 0 Å². The van der Waals surface area contributed by atoms with Crippen molar-refractivity contribution in [2.75, 3.05) is 7.11 Å². The van der Waals surface area contributed by atoms with Crippen LogP contribution >= 0.6 is 22.6 Å². The Morgan fingerprint density at radius 2 is 1.86 bits per heavy atom. The van der Waals surface area contributed by atoms with Crippen molar-refractivity contribution in [2.24, 2.45) is 0 Å². The summed E-state index contributed by atoms with van der Waals surface area (Å²) in [7, 11) is 1.54. The first kappa shape index (κ1) is 14.2. The van der Waals surface area contributed by atoms with E-state index >= 15 is 0 Å². The normalized spacial score (nSPS) is 11.0. The fourth-order valence-electron chi connectivity index (χ4n) is 2.27. The molecule has 0 fully saturated rings. The van der Waals surface area contributed by atoms with E-state index in [2.05, 4.69) is 58.5 Å². The Morgan fingerprint density at radius 1 is 1.14 bits per heavy atom. The zero-order valence-corrected chi connectivity index (χ0v) is 14.1. The Morgan fingerprint density at radius 3 is 2.57 bits per heavy atom. The van der Waals surface area contributed by atoms with E-state index in [9.17, 15) is 5.11 Å². The third-order valence-electron chi connectivity index (χ3n) is 3.62. The molecule has 0 aliphatic rings. The number of aromatic hydroxyl groups is 1. The first-order valence-electron chi connectivity index (χ1n) is 6.53. The first-order chi connectivity index (χ1) is 9.99. The number of halogens is 1. The molecule has 0 unspecified atom stereocenters. The van der Waals surface area contributed by atoms with E-state index in [1.54, 1.807) is 13.2 Å². The number of aryl methyl sites for hydroxylation is 2. The molecule has 108 valence electrons. The molecule has 2 N–H and O–H groups in total. The average molecular weight is 394 g/mol. The van der Waals surface area contributed by atoms with Crippen molar-refractivity contribution in [3.05, 3.63) is 39.0 Å². The van der Waals surface area contributed by atoms with Crippen molar-refractivity contribution in [2.45, 2.75) is 13.8 Å². The number of aromatic amines is 1. The van der Waals surface area contributed by atoms with Gasteiger partial charge in [0.2, 0.25) is 0 Å². The van der Waals surface area contributed by atoms with Gasteiger partial charge in [0, 0.05) is 5.56 Å². The molecule has 0 aliphatic carbocycles. The topological polar surface area (TPSA) is 58.1 Å². The lowest BCUT2D eigenvalue weighted by atomic mass is 10.1. The van der Waals surface area contributed by atoms with Crippen LogP contribution in [-0.2, 0) is 0 Å². The van der Waals surface area contributed by atoms with Crippen LogP contribution in [0.5, 0.6) is 11.5 Å². The van der Waals surface area contributed by atoms with Crippen LogP contribution in [0.25, 0.3) is 22.4 Å². The van der Waals surface area contributed by atoms with Crippen molar-refractivity contribution in [3.8, 4) is 22.9 Å². The van der Waals surface area contributed by atoms with Gasteiger partial charge in [0.15, 0.2) is 11.5 Å². The number of aromatic nitrogens is 2. The Balaban J connectivity index is 2.18. The lowest BCUT2D eigenvalue weighted by Crippen LogP contribution is -1.89. The second kappa shape index (κ2) is 5.22. The molecule has 0 bridgehead atoms. The van der Waals surface area contributed by atoms with Crippen molar-refractivity contribution in [1.82, 2.24) is 9.97 Å². The van der Waals surface area contributed by atoms with Gasteiger partial charge >= 0.3 is 0 Å². The quantitative estimate of drug-likeness (QED) is 0.642. The maximum absolute atomic E-state index is 9.92. The first-order valence-corrected chi connectivity index (χ1v) is 7.61. The van der Waals surface area contributed by atoms with Crippen molar-refractivity contribution in [3.63, 3.8) is 0 Å². The van der Waals surface area contributed by atoms with Gasteiger partial charge in [-0.3, -0.25) is 0 Å². The van der Waals surface area contributed by atoms with E-state index in [1.807, 2.05) is 6.07 Å². The summed E-state index contributed by atoms with van der Waals surface area (Å²) in [4.78, 5) is 7.96. The molecular formula is C16H15IN2O2. The highest BCUT2D eigenvalue weighted by Gasteiger charge is 2.13. The molecule has 3 aromatic rings. The summed E-state index contributed by atoms with van der Waals surface area (Å²) in [5, 5.41) is 9.92. The molecule has 0 amide bonds. The number of hydrogen-bond acceptors (Lipinski definition) is 3. The number of phenolic OH excluding ortho intramolecular Hbond substituents is 1. The smallest absolute Gasteiger partial charge is 0.171 e. The molecule has 2 aromatic carbocycles. The number of phenols is 1. The molecule has 3 rings (SSSR count). The monoisotopic (exact) mass is 394 g/mol. The van der Waals surface area contributed by atoms with Gasteiger partial charge in [0.05, 0.1) is 21.7 Å². The Hall–Kier alpha value is -1.76. The minimum Gasteiger partial charge on any atom is -0.504 e. The lowest BCUT2D eigenvalue weighted by Gasteiger charge is -2.07. The highest BCUT2D eigenvalue weighted by Crippen LogP contribution is 2.36. The maximum atomic E-state index is 9.92. The standard InChI is InChI=1S/C16H15IN2O2/c1-8-4-12-13(5-9(8)2)19-16(18-12)10-6-11(17)15(20)14(7-10)21-3/h4-7,20H,1-3H3,(H,18,19). The van der Waals surface area contributed by atoms with E-state index in [4.69, 9.17) is 4.74 Å². The van der Waals surface area contributed by atoms with Gasteiger partial charge < -0.3 is 14.8 Å². The van der Waals surface area contributed by atoms with Gasteiger partial charge in [0.1, 0.15) is 5.82 Å². The van der Waals surface area contributed by atoms with Crippen LogP contribution in [0, 0.1) is 17.4 Å². The summed E-state index contributed by atoms with van der Waals surface area (Å²) in [5.74, 6) is 1.38. The van der Waals surface area contributed by atoms with Gasteiger partial charge in [-0.1, -0.05) is 0 Å². The summed E-state index contributed by atoms with van der Waals surface area (Å²) in [6.45, 7) is 4.16. The average Bonchev–Trinajstić information content (AvgIpc) is 2.85. The Kier molecular flexibility index (Phi) is 3.52. The molecule has 4 nitrogen and oxygen atoms in total. The van der Waals surface area contributed by atoms with Gasteiger partial charge in [-0.2, -0.15) is 0 Å². The van der Waals surface area contributed by atoms with E-state index < -0.39 is 0 Å². The number of nitrogens with zero attached hydrogens (tertiary/aromatic N) is 1. The fourth-order valence-corrected chi connectivity index (χ4v) is 2.87. The number of imidazole rings is 1. The third kappa shape index (κ3) is 2.46. The summed E-state index contributed by atoms with van der Waals surface area (Å²) in [6.07, 6.45) is 0. The zero-order chi connectivity index (χ0) is 15.1. The number of rotatable bonds is 2. The van der Waals surface area contributed by atoms with Gasteiger partial charge in [-0.05, 0) is 71.8 Å². The maximum Gasteiger partial charge on any atom is 0.171 e. The van der Waals surface area contributed by atoms with Crippen LogP contribution in [-0.4, -0.2) is 22.2 Å². The van der Waals surface area contributed by atoms with Crippen LogP contribution < -0.4 is 4.74 Å². The zero-order valence-electron chi connectivity index (χ0n) is 12.0. The van der Waals surface area contributed by atoms with Gasteiger partial charge in [-0.15, -0.1) is 0 Å². The molecule has 0 saturated carbocycles. The minimum absolute atomic E-state index is 0.157. The Labute approximate surface area is 136 Å². The summed E-state index contributed by atoms with van der Waals surface area (Å²) in [5.41, 5.74) is 5.29. The molecule has 1 aromatic heterocycles. The molecule has 0 saturated heterocycles. The summed E-state index contributed by atoms with van der Waals surface area (Å²) < 4.78 is 5.94. The number of ether oxygens (including phenoxy) is 1. The Bertz CT molecular complexity index is 801. The number of H-pyrrole nitrogens is 1. The van der Waals surface area contributed by atoms with Crippen LogP contribution in [0.4, 0.5) is 0 Å². The lowest BCUT2D eigenvalue weighted by molar-refractivity contribution is 0.372. The molecule has 0 aliphatic heterocycles. The van der Waals surface area contributed by atoms with Crippen LogP contribution in [0.3, 0.4) is 0 Å². The number of hydrogen-bond donors (Lipinski definition) is 2. The second-order valence-electron chi connectivity index (χ2n) is 5.05. The molecule has 0 radical (unpaired) electrons. The molecule has 1 heterocycles. The molecule has 0 atom stereocenters. The van der Waals surface area contributed by atoms with E-state index in [1.165, 1.54) is 11.1 Å².